The van der Waals surface area contributed by atoms with Crippen LogP contribution in [0.25, 0.3) is 0 Å². The number of carbonyl (C=O) groups is 1. The molecule has 4 rings (SSSR count). The summed E-state index contributed by atoms with van der Waals surface area (Å²) >= 11 is 0. The molecule has 2 atom stereocenters. The zero-order valence-electron chi connectivity index (χ0n) is 12.0. The Balaban J connectivity index is 1.85. The SMILES string of the molecule is O=C1CCC2(c3ccc(F)cc3)Nc3cc([NH+]([O-])O)ccc3N12. The van der Waals surface area contributed by atoms with Crippen molar-refractivity contribution in [2.45, 2.75) is 18.5 Å². The summed E-state index contributed by atoms with van der Waals surface area (Å²) < 4.78 is 13.2. The van der Waals surface area contributed by atoms with Gasteiger partial charge in [0, 0.05) is 25.0 Å². The fraction of sp³-hybridized carbons (Fsp3) is 0.188. The maximum atomic E-state index is 13.2. The van der Waals surface area contributed by atoms with Gasteiger partial charge < -0.3 is 10.5 Å². The van der Waals surface area contributed by atoms with Crippen LogP contribution in [0.15, 0.2) is 42.5 Å². The van der Waals surface area contributed by atoms with E-state index in [4.69, 9.17) is 5.21 Å². The number of quaternary nitrogens is 1. The number of nitrogens with zero attached hydrogens (tertiary/aromatic N) is 1. The molecule has 1 fully saturated rings. The number of hydrogen-bond acceptors (Lipinski definition) is 4. The average molecular weight is 315 g/mol. The summed E-state index contributed by atoms with van der Waals surface area (Å²) in [4.78, 5) is 14.0. The van der Waals surface area contributed by atoms with Crippen LogP contribution in [-0.4, -0.2) is 11.1 Å². The van der Waals surface area contributed by atoms with E-state index in [1.54, 1.807) is 23.1 Å². The molecule has 0 aromatic heterocycles. The van der Waals surface area contributed by atoms with Crippen LogP contribution < -0.4 is 15.4 Å². The summed E-state index contributed by atoms with van der Waals surface area (Å²) in [6.45, 7) is 0. The topological polar surface area (TPSA) is 80.1 Å². The lowest BCUT2D eigenvalue weighted by atomic mass is 9.97. The van der Waals surface area contributed by atoms with Crippen molar-refractivity contribution < 1.29 is 19.6 Å². The number of rotatable bonds is 2. The van der Waals surface area contributed by atoms with Crippen LogP contribution in [0.1, 0.15) is 18.4 Å². The quantitative estimate of drug-likeness (QED) is 0.736. The largest absolute Gasteiger partial charge is 0.595 e. The summed E-state index contributed by atoms with van der Waals surface area (Å²) in [6, 6.07) is 10.7. The van der Waals surface area contributed by atoms with Crippen molar-refractivity contribution in [3.8, 4) is 0 Å². The number of nitrogens with one attached hydrogen (secondary N) is 2. The standard InChI is InChI=1S/C16H14FN3O3/c17-11-3-1-10(2-4-11)16-8-7-15(21)19(16)14-6-5-12(20(22)23)9-13(14)18-16/h1-6,9,18,20,22H,7-8H2. The van der Waals surface area contributed by atoms with Gasteiger partial charge in [0.05, 0.1) is 11.4 Å². The molecule has 0 aliphatic carbocycles. The number of amides is 1. The molecule has 0 bridgehead atoms. The van der Waals surface area contributed by atoms with E-state index in [-0.39, 0.29) is 17.4 Å². The first-order valence-corrected chi connectivity index (χ1v) is 7.26. The van der Waals surface area contributed by atoms with Crippen LogP contribution in [0, 0.1) is 11.0 Å². The molecule has 0 saturated carbocycles. The van der Waals surface area contributed by atoms with E-state index in [2.05, 4.69) is 5.32 Å². The van der Waals surface area contributed by atoms with Gasteiger partial charge in [-0.1, -0.05) is 12.1 Å². The Bertz CT molecular complexity index is 794. The molecular formula is C16H14FN3O3. The van der Waals surface area contributed by atoms with Gasteiger partial charge in [-0.3, -0.25) is 9.69 Å². The minimum absolute atomic E-state index is 0.0383. The Hall–Kier alpha value is -2.48. The number of fused-ring (bicyclic) bond motifs is 3. The van der Waals surface area contributed by atoms with E-state index in [0.29, 0.717) is 24.2 Å². The van der Waals surface area contributed by atoms with Crippen molar-refractivity contribution in [2.24, 2.45) is 0 Å². The minimum atomic E-state index is -1.02. The Morgan fingerprint density at radius 1 is 1.26 bits per heavy atom. The second kappa shape index (κ2) is 4.76. The maximum Gasteiger partial charge on any atom is 0.229 e. The zero-order chi connectivity index (χ0) is 16.2. The highest BCUT2D eigenvalue weighted by Crippen LogP contribution is 2.51. The van der Waals surface area contributed by atoms with E-state index >= 15 is 0 Å². The van der Waals surface area contributed by atoms with Gasteiger partial charge in [0.15, 0.2) is 5.69 Å². The van der Waals surface area contributed by atoms with Gasteiger partial charge in [0.1, 0.15) is 11.5 Å². The first-order valence-electron chi connectivity index (χ1n) is 7.26. The third kappa shape index (κ3) is 1.94. The van der Waals surface area contributed by atoms with Gasteiger partial charge in [-0.15, -0.1) is 0 Å². The molecule has 1 saturated heterocycles. The fourth-order valence-corrected chi connectivity index (χ4v) is 3.44. The average Bonchev–Trinajstić information content (AvgIpc) is 3.03. The number of hydrogen-bond donors (Lipinski definition) is 3. The first-order chi connectivity index (χ1) is 11.0. The molecule has 0 radical (unpaired) electrons. The van der Waals surface area contributed by atoms with E-state index in [1.165, 1.54) is 24.3 Å². The van der Waals surface area contributed by atoms with Gasteiger partial charge >= 0.3 is 0 Å². The van der Waals surface area contributed by atoms with Gasteiger partial charge in [-0.05, 0) is 23.8 Å². The highest BCUT2D eigenvalue weighted by atomic mass is 19.1. The van der Waals surface area contributed by atoms with Gasteiger partial charge in [0.2, 0.25) is 5.91 Å². The predicted octanol–water partition coefficient (Wildman–Crippen LogP) is 1.63. The summed E-state index contributed by atoms with van der Waals surface area (Å²) in [5.74, 6) is -0.381. The van der Waals surface area contributed by atoms with E-state index < -0.39 is 10.9 Å². The summed E-state index contributed by atoms with van der Waals surface area (Å²) in [5.41, 5.74) is 1.41. The fourth-order valence-electron chi connectivity index (χ4n) is 3.44. The van der Waals surface area contributed by atoms with Crippen molar-refractivity contribution in [1.29, 1.82) is 0 Å². The highest BCUT2D eigenvalue weighted by Gasteiger charge is 2.52. The van der Waals surface area contributed by atoms with E-state index in [1.807, 2.05) is 0 Å². The predicted molar refractivity (Wildman–Crippen MR) is 80.6 cm³/mol. The molecule has 7 heteroatoms. The summed E-state index contributed by atoms with van der Waals surface area (Å²) in [7, 11) is 0. The minimum Gasteiger partial charge on any atom is -0.595 e. The highest BCUT2D eigenvalue weighted by molar-refractivity contribution is 6.04. The lowest BCUT2D eigenvalue weighted by molar-refractivity contribution is -0.991. The van der Waals surface area contributed by atoms with Crippen LogP contribution in [-0.2, 0) is 10.5 Å². The lowest BCUT2D eigenvalue weighted by Gasteiger charge is -2.32. The summed E-state index contributed by atoms with van der Waals surface area (Å²) in [6.07, 6.45) is 0.916. The second-order valence-corrected chi connectivity index (χ2v) is 5.76. The van der Waals surface area contributed by atoms with Crippen LogP contribution in [0.2, 0.25) is 0 Å². The van der Waals surface area contributed by atoms with Crippen molar-refractivity contribution in [2.75, 3.05) is 10.2 Å². The molecule has 3 N–H and O–H groups in total. The van der Waals surface area contributed by atoms with E-state index in [9.17, 15) is 14.4 Å². The molecular weight excluding hydrogens is 301 g/mol. The Kier molecular flexibility index (Phi) is 2.92. The van der Waals surface area contributed by atoms with Crippen molar-refractivity contribution in [3.63, 3.8) is 0 Å². The molecule has 2 heterocycles. The number of anilines is 2. The Morgan fingerprint density at radius 2 is 2.00 bits per heavy atom. The molecule has 6 nitrogen and oxygen atoms in total. The molecule has 2 aromatic carbocycles. The van der Waals surface area contributed by atoms with Crippen molar-refractivity contribution >= 4 is 23.0 Å². The molecule has 0 spiro atoms. The zero-order valence-corrected chi connectivity index (χ0v) is 12.0. The maximum absolute atomic E-state index is 13.2. The number of carbonyl (C=O) groups excluding carboxylic acids is 1. The number of benzene rings is 2. The Morgan fingerprint density at radius 3 is 2.70 bits per heavy atom. The third-order valence-corrected chi connectivity index (χ3v) is 4.48. The second-order valence-electron chi connectivity index (χ2n) is 5.76. The molecule has 1 amide bonds. The van der Waals surface area contributed by atoms with Crippen LogP contribution in [0.5, 0.6) is 0 Å². The smallest absolute Gasteiger partial charge is 0.229 e. The molecule has 2 unspecified atom stereocenters. The first kappa shape index (κ1) is 14.1. The van der Waals surface area contributed by atoms with Crippen molar-refractivity contribution in [1.82, 2.24) is 0 Å². The lowest BCUT2D eigenvalue weighted by Crippen LogP contribution is -2.99. The Labute approximate surface area is 131 Å². The number of halogens is 1. The van der Waals surface area contributed by atoms with Crippen LogP contribution in [0.3, 0.4) is 0 Å². The third-order valence-electron chi connectivity index (χ3n) is 4.48. The van der Waals surface area contributed by atoms with Gasteiger partial charge in [0.25, 0.3) is 0 Å². The monoisotopic (exact) mass is 315 g/mol. The van der Waals surface area contributed by atoms with Crippen LogP contribution >= 0.6 is 0 Å². The molecule has 2 aliphatic heterocycles. The van der Waals surface area contributed by atoms with Crippen LogP contribution in [0.4, 0.5) is 21.5 Å². The molecule has 118 valence electrons. The van der Waals surface area contributed by atoms with Crippen molar-refractivity contribution in [3.05, 3.63) is 59.1 Å². The molecule has 2 aliphatic rings. The normalized spacial score (nSPS) is 23.4. The molecule has 2 aromatic rings. The van der Waals surface area contributed by atoms with Gasteiger partial charge in [-0.2, -0.15) is 5.23 Å². The van der Waals surface area contributed by atoms with Gasteiger partial charge in [-0.25, -0.2) is 9.60 Å². The molecule has 23 heavy (non-hydrogen) atoms. The summed E-state index contributed by atoms with van der Waals surface area (Å²) in [5, 5.41) is 22.5. The van der Waals surface area contributed by atoms with E-state index in [0.717, 1.165) is 5.56 Å².